The van der Waals surface area contributed by atoms with Crippen molar-refractivity contribution in [2.45, 2.75) is 57.8 Å². The molecule has 0 unspecified atom stereocenters. The first-order valence-electron chi connectivity index (χ1n) is 13.5. The zero-order valence-corrected chi connectivity index (χ0v) is 23.3. The molecule has 0 atom stereocenters. The number of fused-ring (bicyclic) bond motifs is 3. The maximum Gasteiger partial charge on any atom is 0.220 e. The van der Waals surface area contributed by atoms with Gasteiger partial charge in [0.2, 0.25) is 5.91 Å². The van der Waals surface area contributed by atoms with E-state index in [0.717, 1.165) is 90.4 Å². The first-order chi connectivity index (χ1) is 18.5. The Hall–Kier alpha value is -2.96. The second kappa shape index (κ2) is 12.3. The number of halogens is 2. The number of aromatic amines is 1. The van der Waals surface area contributed by atoms with Gasteiger partial charge in [0.05, 0.1) is 23.3 Å². The minimum absolute atomic E-state index is 0.105. The van der Waals surface area contributed by atoms with Crippen molar-refractivity contribution in [3.05, 3.63) is 63.4 Å². The number of ether oxygens (including phenoxy) is 1. The summed E-state index contributed by atoms with van der Waals surface area (Å²) in [6.07, 6.45) is 10.5. The Morgan fingerprint density at radius 3 is 2.82 bits per heavy atom. The first kappa shape index (κ1) is 26.6. The van der Waals surface area contributed by atoms with Crippen LogP contribution in [0.5, 0.6) is 5.75 Å². The number of benzene rings is 2. The van der Waals surface area contributed by atoms with Crippen molar-refractivity contribution >= 4 is 56.6 Å². The van der Waals surface area contributed by atoms with Gasteiger partial charge in [-0.1, -0.05) is 29.6 Å². The van der Waals surface area contributed by atoms with Crippen LogP contribution in [-0.2, 0) is 24.1 Å². The highest BCUT2D eigenvalue weighted by molar-refractivity contribution is 6.39. The van der Waals surface area contributed by atoms with Crippen molar-refractivity contribution in [3.8, 4) is 5.75 Å². The van der Waals surface area contributed by atoms with E-state index in [2.05, 4.69) is 15.6 Å². The highest BCUT2D eigenvalue weighted by Gasteiger charge is 2.20. The second-order valence-corrected chi connectivity index (χ2v) is 10.8. The smallest absolute Gasteiger partial charge is 0.220 e. The topological polar surface area (TPSA) is 79.0 Å². The number of aromatic nitrogens is 2. The Bertz CT molecular complexity index is 1450. The second-order valence-electron chi connectivity index (χ2n) is 9.96. The van der Waals surface area contributed by atoms with Crippen LogP contribution < -0.4 is 15.4 Å². The highest BCUT2D eigenvalue weighted by Crippen LogP contribution is 2.38. The van der Waals surface area contributed by atoms with E-state index in [4.69, 9.17) is 32.9 Å². The fourth-order valence-electron chi connectivity index (χ4n) is 5.39. The molecule has 2 heterocycles. The number of unbranched alkanes of at least 4 members (excludes halogenated alkanes) is 2. The van der Waals surface area contributed by atoms with Crippen LogP contribution in [0.2, 0.25) is 10.0 Å². The molecule has 2 aromatic carbocycles. The number of hydrogen-bond donors (Lipinski definition) is 3. The predicted molar refractivity (Wildman–Crippen MR) is 157 cm³/mol. The molecule has 1 amide bonds. The van der Waals surface area contributed by atoms with Gasteiger partial charge in [0.25, 0.3) is 0 Å². The third-order valence-corrected chi connectivity index (χ3v) is 7.87. The van der Waals surface area contributed by atoms with Crippen LogP contribution in [-0.4, -0.2) is 36.1 Å². The Labute approximate surface area is 233 Å². The molecule has 0 saturated heterocycles. The van der Waals surface area contributed by atoms with E-state index in [0.29, 0.717) is 23.0 Å². The van der Waals surface area contributed by atoms with Gasteiger partial charge < -0.3 is 20.4 Å². The van der Waals surface area contributed by atoms with Gasteiger partial charge in [0, 0.05) is 52.7 Å². The van der Waals surface area contributed by atoms with Gasteiger partial charge in [-0.25, -0.2) is 0 Å². The van der Waals surface area contributed by atoms with Crippen LogP contribution in [0.4, 0.5) is 5.69 Å². The number of anilines is 1. The van der Waals surface area contributed by atoms with Gasteiger partial charge in [-0.15, -0.1) is 0 Å². The van der Waals surface area contributed by atoms with Crippen molar-refractivity contribution in [1.82, 2.24) is 15.3 Å². The lowest BCUT2D eigenvalue weighted by Gasteiger charge is -2.22. The van der Waals surface area contributed by atoms with Crippen LogP contribution in [0.3, 0.4) is 0 Å². The Morgan fingerprint density at radius 1 is 1.08 bits per heavy atom. The largest absolute Gasteiger partial charge is 0.497 e. The van der Waals surface area contributed by atoms with E-state index < -0.39 is 0 Å². The molecule has 3 N–H and O–H groups in total. The Balaban J connectivity index is 1.07. The highest BCUT2D eigenvalue weighted by atomic mass is 35.5. The van der Waals surface area contributed by atoms with Crippen molar-refractivity contribution in [2.24, 2.45) is 0 Å². The van der Waals surface area contributed by atoms with Gasteiger partial charge in [0.1, 0.15) is 5.75 Å². The monoisotopic (exact) mass is 552 g/mol. The van der Waals surface area contributed by atoms with Gasteiger partial charge in [0.15, 0.2) is 0 Å². The molecular weight excluding hydrogens is 519 g/mol. The average Bonchev–Trinajstić information content (AvgIpc) is 3.31. The number of amides is 1. The standard InChI is InChI=1S/C30H34Cl2N4O2/c1-38-21-10-11-25-23(17-21)19(18-35-25)12-14-33-28(37)9-3-2-6-13-34-30-22-7-4-5-8-26(22)36-27-16-20(31)15-24(32)29(27)30/h10-11,15-18,35H,2-9,12-14H2,1H3,(H,33,37)(H,34,36). The summed E-state index contributed by atoms with van der Waals surface area (Å²) in [6, 6.07) is 9.68. The predicted octanol–water partition coefficient (Wildman–Crippen LogP) is 7.24. The number of carbonyl (C=O) groups is 1. The van der Waals surface area contributed by atoms with Crippen LogP contribution in [0.15, 0.2) is 36.5 Å². The molecule has 1 aliphatic rings. The van der Waals surface area contributed by atoms with E-state index in [-0.39, 0.29) is 5.91 Å². The van der Waals surface area contributed by atoms with Gasteiger partial charge >= 0.3 is 0 Å². The summed E-state index contributed by atoms with van der Waals surface area (Å²) < 4.78 is 5.34. The number of H-pyrrole nitrogens is 1. The molecular formula is C30H34Cl2N4O2. The summed E-state index contributed by atoms with van der Waals surface area (Å²) in [5.74, 6) is 0.939. The fourth-order valence-corrected chi connectivity index (χ4v) is 5.96. The third-order valence-electron chi connectivity index (χ3n) is 7.35. The normalized spacial score (nSPS) is 13.0. The molecule has 0 saturated carbocycles. The van der Waals surface area contributed by atoms with E-state index in [1.54, 1.807) is 13.2 Å². The van der Waals surface area contributed by atoms with Crippen molar-refractivity contribution in [3.63, 3.8) is 0 Å². The maximum absolute atomic E-state index is 12.4. The minimum atomic E-state index is 0.105. The van der Waals surface area contributed by atoms with E-state index in [1.165, 1.54) is 17.5 Å². The molecule has 4 aromatic rings. The van der Waals surface area contributed by atoms with Gasteiger partial charge in [-0.3, -0.25) is 9.78 Å². The number of aryl methyl sites for hydroxylation is 1. The molecule has 0 radical (unpaired) electrons. The van der Waals surface area contributed by atoms with Crippen LogP contribution in [0.1, 0.15) is 55.3 Å². The van der Waals surface area contributed by atoms with E-state index in [9.17, 15) is 4.79 Å². The number of pyridine rings is 1. The number of carbonyl (C=O) groups excluding carboxylic acids is 1. The molecule has 0 aliphatic heterocycles. The molecule has 5 rings (SSSR count). The molecule has 200 valence electrons. The number of hydrogen-bond acceptors (Lipinski definition) is 4. The van der Waals surface area contributed by atoms with Crippen molar-refractivity contribution in [2.75, 3.05) is 25.5 Å². The number of methoxy groups -OCH3 is 1. The molecule has 1 aliphatic carbocycles. The summed E-state index contributed by atoms with van der Waals surface area (Å²) >= 11 is 12.9. The molecule has 2 aromatic heterocycles. The lowest BCUT2D eigenvalue weighted by molar-refractivity contribution is -0.121. The number of rotatable bonds is 11. The van der Waals surface area contributed by atoms with Crippen LogP contribution in [0.25, 0.3) is 21.8 Å². The van der Waals surface area contributed by atoms with Crippen molar-refractivity contribution < 1.29 is 9.53 Å². The Kier molecular flexibility index (Phi) is 8.60. The number of nitrogens with one attached hydrogen (secondary N) is 3. The third kappa shape index (κ3) is 6.02. The summed E-state index contributed by atoms with van der Waals surface area (Å²) in [6.45, 7) is 1.45. The molecule has 6 nitrogen and oxygen atoms in total. The van der Waals surface area contributed by atoms with Gasteiger partial charge in [-0.05, 0) is 86.4 Å². The quantitative estimate of drug-likeness (QED) is 0.171. The van der Waals surface area contributed by atoms with Gasteiger partial charge in [-0.2, -0.15) is 0 Å². The van der Waals surface area contributed by atoms with Crippen molar-refractivity contribution in [1.29, 1.82) is 0 Å². The summed E-state index contributed by atoms with van der Waals surface area (Å²) in [5.41, 5.74) is 6.67. The number of nitrogens with zero attached hydrogens (tertiary/aromatic N) is 1. The zero-order chi connectivity index (χ0) is 26.5. The minimum Gasteiger partial charge on any atom is -0.497 e. The molecule has 0 spiro atoms. The lowest BCUT2D eigenvalue weighted by atomic mass is 9.92. The van der Waals surface area contributed by atoms with Crippen LogP contribution >= 0.6 is 23.2 Å². The molecule has 0 fully saturated rings. The van der Waals surface area contributed by atoms with E-state index >= 15 is 0 Å². The molecule has 8 heteroatoms. The lowest BCUT2D eigenvalue weighted by Crippen LogP contribution is -2.25. The first-order valence-corrected chi connectivity index (χ1v) is 14.2. The summed E-state index contributed by atoms with van der Waals surface area (Å²) in [5, 5.41) is 10.1. The molecule has 38 heavy (non-hydrogen) atoms. The zero-order valence-electron chi connectivity index (χ0n) is 21.8. The molecule has 0 bridgehead atoms. The van der Waals surface area contributed by atoms with Crippen LogP contribution in [0, 0.1) is 0 Å². The maximum atomic E-state index is 12.4. The Morgan fingerprint density at radius 2 is 1.95 bits per heavy atom. The van der Waals surface area contributed by atoms with E-state index in [1.807, 2.05) is 30.5 Å². The summed E-state index contributed by atoms with van der Waals surface area (Å²) in [7, 11) is 1.67. The average molecular weight is 554 g/mol. The fraction of sp³-hybridized carbons (Fsp3) is 0.400. The SMILES string of the molecule is COc1ccc2[nH]cc(CCNC(=O)CCCCCNc3c4c(nc5cc(Cl)cc(Cl)c35)CCCC4)c2c1. The summed E-state index contributed by atoms with van der Waals surface area (Å²) in [4.78, 5) is 20.5.